The van der Waals surface area contributed by atoms with Gasteiger partial charge in [-0.2, -0.15) is 5.10 Å². The van der Waals surface area contributed by atoms with Gasteiger partial charge in [0.25, 0.3) is 0 Å². The molecule has 1 saturated carbocycles. The molecule has 172 valence electrons. The van der Waals surface area contributed by atoms with Gasteiger partial charge in [0.15, 0.2) is 5.43 Å². The Morgan fingerprint density at radius 2 is 1.91 bits per heavy atom. The Kier molecular flexibility index (Phi) is 5.23. The Bertz CT molecular complexity index is 1280. The van der Waals surface area contributed by atoms with Gasteiger partial charge in [0.2, 0.25) is 0 Å². The van der Waals surface area contributed by atoms with Gasteiger partial charge >= 0.3 is 5.97 Å². The number of aromatic nitrogens is 3. The van der Waals surface area contributed by atoms with E-state index in [9.17, 15) is 14.7 Å². The minimum atomic E-state index is -1.22. The average Bonchev–Trinajstić information content (AvgIpc) is 3.49. The number of ether oxygens (including phenoxy) is 1. The number of aromatic carboxylic acids is 1. The first kappa shape index (κ1) is 21.3. The summed E-state index contributed by atoms with van der Waals surface area (Å²) in [4.78, 5) is 24.1. The molecule has 33 heavy (non-hydrogen) atoms. The summed E-state index contributed by atoms with van der Waals surface area (Å²) >= 11 is 0. The van der Waals surface area contributed by atoms with E-state index >= 15 is 0 Å². The average molecular weight is 449 g/mol. The number of rotatable bonds is 5. The SMILES string of the molecule is COc1cc2c(cc1-c1cnn(C3CCCC3)c1)CN(C(C)C)n1cc(C(=O)O)c(=O)cc1-2. The van der Waals surface area contributed by atoms with Crippen molar-refractivity contribution in [2.45, 2.75) is 58.2 Å². The zero-order valence-corrected chi connectivity index (χ0v) is 19.1. The van der Waals surface area contributed by atoms with Crippen molar-refractivity contribution < 1.29 is 14.6 Å². The van der Waals surface area contributed by atoms with E-state index in [0.29, 0.717) is 24.0 Å². The smallest absolute Gasteiger partial charge is 0.341 e. The summed E-state index contributed by atoms with van der Waals surface area (Å²) in [5, 5.41) is 16.1. The maximum Gasteiger partial charge on any atom is 0.341 e. The molecule has 8 nitrogen and oxygen atoms in total. The number of methoxy groups -OCH3 is 1. The molecule has 0 bridgehead atoms. The van der Waals surface area contributed by atoms with Gasteiger partial charge in [0.1, 0.15) is 11.3 Å². The van der Waals surface area contributed by atoms with Crippen molar-refractivity contribution in [3.05, 3.63) is 58.1 Å². The van der Waals surface area contributed by atoms with E-state index in [1.807, 2.05) is 26.1 Å². The molecule has 1 aliphatic carbocycles. The normalized spacial score (nSPS) is 15.6. The van der Waals surface area contributed by atoms with E-state index in [0.717, 1.165) is 35.1 Å². The van der Waals surface area contributed by atoms with Gasteiger partial charge in [-0.05, 0) is 44.4 Å². The number of nitrogens with zero attached hydrogens (tertiary/aromatic N) is 4. The number of carbonyl (C=O) groups is 1. The molecule has 0 unspecified atom stereocenters. The lowest BCUT2D eigenvalue weighted by Gasteiger charge is -2.38. The van der Waals surface area contributed by atoms with Gasteiger partial charge in [0.05, 0.1) is 31.6 Å². The van der Waals surface area contributed by atoms with Crippen molar-refractivity contribution in [1.29, 1.82) is 0 Å². The molecular formula is C25H28N4O4. The highest BCUT2D eigenvalue weighted by molar-refractivity contribution is 5.88. The summed E-state index contributed by atoms with van der Waals surface area (Å²) in [6, 6.07) is 6.02. The van der Waals surface area contributed by atoms with Crippen molar-refractivity contribution in [1.82, 2.24) is 14.5 Å². The molecule has 1 fully saturated rings. The van der Waals surface area contributed by atoms with Crippen LogP contribution in [0.25, 0.3) is 22.4 Å². The second kappa shape index (κ2) is 8.10. The van der Waals surface area contributed by atoms with E-state index in [1.54, 1.807) is 11.8 Å². The van der Waals surface area contributed by atoms with Gasteiger partial charge in [-0.1, -0.05) is 12.8 Å². The maximum absolute atomic E-state index is 12.5. The Morgan fingerprint density at radius 3 is 2.58 bits per heavy atom. The molecule has 1 N–H and O–H groups in total. The third kappa shape index (κ3) is 3.59. The lowest BCUT2D eigenvalue weighted by molar-refractivity contribution is 0.0694. The molecule has 8 heteroatoms. The van der Waals surface area contributed by atoms with Crippen LogP contribution in [0.2, 0.25) is 0 Å². The standard InChI is InChI=1S/C25H28N4O4/c1-15(2)28-13-16-8-20(17-11-26-27(12-17)18-6-4-5-7-18)24(33-3)9-19(16)22-10-23(30)21(25(31)32)14-29(22)28/h8-12,14-15,18H,4-7,13H2,1-3H3,(H,31,32). The van der Waals surface area contributed by atoms with Gasteiger partial charge in [-0.3, -0.25) is 14.2 Å². The van der Waals surface area contributed by atoms with Crippen molar-refractivity contribution in [3.63, 3.8) is 0 Å². The highest BCUT2D eigenvalue weighted by atomic mass is 16.5. The fourth-order valence-electron chi connectivity index (χ4n) is 5.01. The number of pyridine rings is 1. The van der Waals surface area contributed by atoms with Crippen LogP contribution < -0.4 is 15.2 Å². The number of hydrogen-bond donors (Lipinski definition) is 1. The highest BCUT2D eigenvalue weighted by Gasteiger charge is 2.27. The zero-order chi connectivity index (χ0) is 23.3. The first-order valence-electron chi connectivity index (χ1n) is 11.4. The van der Waals surface area contributed by atoms with E-state index in [1.165, 1.54) is 25.1 Å². The molecule has 1 aliphatic heterocycles. The largest absolute Gasteiger partial charge is 0.496 e. The van der Waals surface area contributed by atoms with Crippen LogP contribution in [0.15, 0.2) is 41.6 Å². The van der Waals surface area contributed by atoms with Crippen LogP contribution in [-0.2, 0) is 6.54 Å². The van der Waals surface area contributed by atoms with Gasteiger partial charge in [-0.25, -0.2) is 4.79 Å². The monoisotopic (exact) mass is 448 g/mol. The zero-order valence-electron chi connectivity index (χ0n) is 19.1. The quantitative estimate of drug-likeness (QED) is 0.633. The van der Waals surface area contributed by atoms with Crippen LogP contribution in [0.1, 0.15) is 61.5 Å². The fraction of sp³-hybridized carbons (Fsp3) is 0.400. The van der Waals surface area contributed by atoms with E-state index in [4.69, 9.17) is 4.74 Å². The second-order valence-corrected chi connectivity index (χ2v) is 9.13. The van der Waals surface area contributed by atoms with Crippen molar-refractivity contribution in [3.8, 4) is 28.1 Å². The lowest BCUT2D eigenvalue weighted by Crippen LogP contribution is -2.44. The molecule has 0 saturated heterocycles. The highest BCUT2D eigenvalue weighted by Crippen LogP contribution is 2.40. The molecule has 0 amide bonds. The Morgan fingerprint density at radius 1 is 1.15 bits per heavy atom. The van der Waals surface area contributed by atoms with Gasteiger partial charge < -0.3 is 14.9 Å². The van der Waals surface area contributed by atoms with Crippen LogP contribution in [-0.4, -0.2) is 38.7 Å². The number of benzene rings is 1. The Labute approximate surface area is 192 Å². The number of fused-ring (bicyclic) bond motifs is 3. The van der Waals surface area contributed by atoms with Crippen LogP contribution in [0, 0.1) is 0 Å². The summed E-state index contributed by atoms with van der Waals surface area (Å²) in [6.45, 7) is 4.67. The number of carboxylic acid groups (broad SMARTS) is 1. The molecule has 0 radical (unpaired) electrons. The summed E-state index contributed by atoms with van der Waals surface area (Å²) in [5.74, 6) is -0.531. The van der Waals surface area contributed by atoms with Crippen LogP contribution >= 0.6 is 0 Å². The Hall–Kier alpha value is -3.55. The lowest BCUT2D eigenvalue weighted by atomic mass is 9.95. The van der Waals surface area contributed by atoms with Gasteiger partial charge in [-0.15, -0.1) is 0 Å². The molecule has 3 heterocycles. The summed E-state index contributed by atoms with van der Waals surface area (Å²) in [5.41, 5.74) is 3.79. The van der Waals surface area contributed by atoms with Crippen molar-refractivity contribution >= 4 is 5.97 Å². The number of hydrogen-bond acceptors (Lipinski definition) is 5. The molecule has 2 aliphatic rings. The summed E-state index contributed by atoms with van der Waals surface area (Å²) in [6.07, 6.45) is 10.2. The van der Waals surface area contributed by atoms with E-state index in [2.05, 4.69) is 27.1 Å². The maximum atomic E-state index is 12.5. The molecule has 3 aromatic rings. The molecule has 1 aromatic carbocycles. The second-order valence-electron chi connectivity index (χ2n) is 9.13. The Balaban J connectivity index is 1.65. The molecular weight excluding hydrogens is 420 g/mol. The molecule has 0 atom stereocenters. The predicted molar refractivity (Wildman–Crippen MR) is 125 cm³/mol. The van der Waals surface area contributed by atoms with Crippen molar-refractivity contribution in [2.24, 2.45) is 0 Å². The van der Waals surface area contributed by atoms with Crippen LogP contribution in [0.4, 0.5) is 0 Å². The minimum absolute atomic E-state index is 0.0942. The first-order valence-corrected chi connectivity index (χ1v) is 11.4. The van der Waals surface area contributed by atoms with Crippen LogP contribution in [0.3, 0.4) is 0 Å². The topological polar surface area (TPSA) is 89.6 Å². The minimum Gasteiger partial charge on any atom is -0.496 e. The third-order valence-electron chi connectivity index (χ3n) is 6.78. The summed E-state index contributed by atoms with van der Waals surface area (Å²) < 4.78 is 9.61. The number of carboxylic acids is 1. The summed E-state index contributed by atoms with van der Waals surface area (Å²) in [7, 11) is 1.64. The predicted octanol–water partition coefficient (Wildman–Crippen LogP) is 4.06. The van der Waals surface area contributed by atoms with E-state index in [-0.39, 0.29) is 11.6 Å². The molecule has 0 spiro atoms. The van der Waals surface area contributed by atoms with E-state index < -0.39 is 11.4 Å². The van der Waals surface area contributed by atoms with Crippen molar-refractivity contribution in [2.75, 3.05) is 12.1 Å². The molecule has 5 rings (SSSR count). The fourth-order valence-corrected chi connectivity index (χ4v) is 5.01. The molecule has 2 aromatic heterocycles. The van der Waals surface area contributed by atoms with Gasteiger partial charge in [0, 0.05) is 41.2 Å². The van der Waals surface area contributed by atoms with Crippen LogP contribution in [0.5, 0.6) is 5.75 Å². The third-order valence-corrected chi connectivity index (χ3v) is 6.78. The first-order chi connectivity index (χ1) is 15.9.